The van der Waals surface area contributed by atoms with E-state index in [0.29, 0.717) is 42.6 Å². The van der Waals surface area contributed by atoms with E-state index in [4.69, 9.17) is 16.0 Å². The maximum atomic E-state index is 12.9. The van der Waals surface area contributed by atoms with E-state index < -0.39 is 11.7 Å². The molecule has 0 aromatic carbocycles. The van der Waals surface area contributed by atoms with E-state index in [9.17, 15) is 18.0 Å². The number of hydrogen-bond donors (Lipinski definition) is 0. The quantitative estimate of drug-likeness (QED) is 0.569. The number of furan rings is 1. The maximum absolute atomic E-state index is 12.9. The van der Waals surface area contributed by atoms with Gasteiger partial charge in [0.2, 0.25) is 0 Å². The Labute approximate surface area is 178 Å². The summed E-state index contributed by atoms with van der Waals surface area (Å²) in [6.45, 7) is 3.39. The molecule has 1 aliphatic heterocycles. The summed E-state index contributed by atoms with van der Waals surface area (Å²) in [7, 11) is 0. The van der Waals surface area contributed by atoms with E-state index in [1.807, 2.05) is 6.92 Å². The number of halogens is 4. The fraction of sp³-hybridized carbons (Fsp3) is 0.316. The lowest BCUT2D eigenvalue weighted by atomic mass is 10.2. The largest absolute Gasteiger partial charge is 0.462 e. The number of carbonyl (C=O) groups is 1. The van der Waals surface area contributed by atoms with Crippen LogP contribution in [0.2, 0.25) is 5.02 Å². The van der Waals surface area contributed by atoms with Gasteiger partial charge in [-0.3, -0.25) is 4.79 Å². The topological polar surface area (TPSA) is 62.5 Å². The number of hydrogen-bond acceptors (Lipinski definition) is 6. The molecular formula is C19H16ClF3N4O2S. The Hall–Kier alpha value is -2.59. The van der Waals surface area contributed by atoms with Crippen molar-refractivity contribution in [2.75, 3.05) is 31.1 Å². The van der Waals surface area contributed by atoms with Crippen LogP contribution in [0.1, 0.15) is 20.9 Å². The van der Waals surface area contributed by atoms with Crippen molar-refractivity contribution in [3.8, 4) is 10.8 Å². The first-order valence-corrected chi connectivity index (χ1v) is 10.2. The van der Waals surface area contributed by atoms with E-state index in [0.717, 1.165) is 17.1 Å². The summed E-state index contributed by atoms with van der Waals surface area (Å²) >= 11 is 7.42. The molecule has 4 rings (SSSR count). The van der Waals surface area contributed by atoms with Crippen molar-refractivity contribution < 1.29 is 22.4 Å². The zero-order valence-corrected chi connectivity index (χ0v) is 17.3. The van der Waals surface area contributed by atoms with E-state index in [1.165, 1.54) is 11.3 Å². The number of thiazole rings is 1. The van der Waals surface area contributed by atoms with Crippen LogP contribution in [0, 0.1) is 6.92 Å². The second kappa shape index (κ2) is 7.92. The van der Waals surface area contributed by atoms with Gasteiger partial charge in [0.05, 0.1) is 16.8 Å². The summed E-state index contributed by atoms with van der Waals surface area (Å²) in [5.41, 5.74) is -0.512. The molecule has 0 N–H and O–H groups in total. The summed E-state index contributed by atoms with van der Waals surface area (Å²) in [5.74, 6) is 0.699. The average Bonchev–Trinajstić information content (AvgIpc) is 3.36. The number of carbonyl (C=O) groups excluding carboxylic acids is 1. The lowest BCUT2D eigenvalue weighted by Crippen LogP contribution is -2.49. The molecule has 0 spiro atoms. The Morgan fingerprint density at radius 1 is 1.27 bits per heavy atom. The SMILES string of the molecule is Cc1sc(-c2ccco2)nc1C(=O)N1CCN(c2ncc(C(F)(F)F)cc2Cl)CC1. The van der Waals surface area contributed by atoms with Gasteiger partial charge in [-0.15, -0.1) is 11.3 Å². The number of aryl methyl sites for hydroxylation is 1. The molecule has 1 amide bonds. The minimum Gasteiger partial charge on any atom is -0.462 e. The second-order valence-electron chi connectivity index (χ2n) is 6.71. The van der Waals surface area contributed by atoms with Crippen molar-refractivity contribution in [3.63, 3.8) is 0 Å². The molecule has 0 aliphatic carbocycles. The highest BCUT2D eigenvalue weighted by atomic mass is 35.5. The minimum atomic E-state index is -4.50. The second-order valence-corrected chi connectivity index (χ2v) is 8.32. The van der Waals surface area contributed by atoms with Crippen LogP contribution in [0.15, 0.2) is 35.1 Å². The molecule has 1 saturated heterocycles. The summed E-state index contributed by atoms with van der Waals surface area (Å²) in [4.78, 5) is 25.5. The van der Waals surface area contributed by atoms with Crippen molar-refractivity contribution in [2.24, 2.45) is 0 Å². The average molecular weight is 457 g/mol. The number of amides is 1. The van der Waals surface area contributed by atoms with E-state index in [2.05, 4.69) is 9.97 Å². The number of aromatic nitrogens is 2. The summed E-state index contributed by atoms with van der Waals surface area (Å²) in [6, 6.07) is 4.41. The third kappa shape index (κ3) is 4.01. The zero-order chi connectivity index (χ0) is 21.5. The van der Waals surface area contributed by atoms with Crippen LogP contribution in [0.25, 0.3) is 10.8 Å². The molecule has 0 radical (unpaired) electrons. The van der Waals surface area contributed by atoms with Crippen LogP contribution in [0.4, 0.5) is 19.0 Å². The van der Waals surface area contributed by atoms with Crippen molar-refractivity contribution in [3.05, 3.63) is 51.8 Å². The monoisotopic (exact) mass is 456 g/mol. The van der Waals surface area contributed by atoms with Gasteiger partial charge in [-0.2, -0.15) is 13.2 Å². The van der Waals surface area contributed by atoms with Crippen LogP contribution >= 0.6 is 22.9 Å². The number of anilines is 1. The lowest BCUT2D eigenvalue weighted by Gasteiger charge is -2.35. The maximum Gasteiger partial charge on any atom is 0.417 e. The Morgan fingerprint density at radius 2 is 2.00 bits per heavy atom. The first-order valence-electron chi connectivity index (χ1n) is 9.02. The van der Waals surface area contributed by atoms with Crippen LogP contribution < -0.4 is 4.90 Å². The fourth-order valence-corrected chi connectivity index (χ4v) is 4.35. The van der Waals surface area contributed by atoms with Gasteiger partial charge in [-0.1, -0.05) is 11.6 Å². The van der Waals surface area contributed by atoms with E-state index in [-0.39, 0.29) is 16.7 Å². The molecule has 30 heavy (non-hydrogen) atoms. The normalized spacial score (nSPS) is 15.0. The minimum absolute atomic E-state index is 0.0666. The Kier molecular flexibility index (Phi) is 5.46. The van der Waals surface area contributed by atoms with Crippen LogP contribution in [0.5, 0.6) is 0 Å². The molecule has 3 aromatic rings. The molecular weight excluding hydrogens is 441 g/mol. The van der Waals surface area contributed by atoms with E-state index >= 15 is 0 Å². The summed E-state index contributed by atoms with van der Waals surface area (Å²) in [6.07, 6.45) is -2.18. The number of nitrogens with zero attached hydrogens (tertiary/aromatic N) is 4. The van der Waals surface area contributed by atoms with Crippen LogP contribution in [-0.2, 0) is 6.18 Å². The highest BCUT2D eigenvalue weighted by Gasteiger charge is 2.33. The molecule has 6 nitrogen and oxygen atoms in total. The van der Waals surface area contributed by atoms with Gasteiger partial charge in [0.15, 0.2) is 10.8 Å². The van der Waals surface area contributed by atoms with Gasteiger partial charge in [0.25, 0.3) is 5.91 Å². The smallest absolute Gasteiger partial charge is 0.417 e. The summed E-state index contributed by atoms with van der Waals surface area (Å²) in [5, 5.41) is 0.572. The molecule has 0 bridgehead atoms. The van der Waals surface area contributed by atoms with Gasteiger partial charge in [-0.05, 0) is 25.1 Å². The van der Waals surface area contributed by atoms with Gasteiger partial charge in [0.1, 0.15) is 11.5 Å². The van der Waals surface area contributed by atoms with Crippen molar-refractivity contribution in [1.82, 2.24) is 14.9 Å². The predicted molar refractivity (Wildman–Crippen MR) is 107 cm³/mol. The third-order valence-electron chi connectivity index (χ3n) is 4.75. The molecule has 0 unspecified atom stereocenters. The van der Waals surface area contributed by atoms with Crippen molar-refractivity contribution >= 4 is 34.7 Å². The molecule has 0 atom stereocenters. The van der Waals surface area contributed by atoms with E-state index in [1.54, 1.807) is 28.2 Å². The highest BCUT2D eigenvalue weighted by Crippen LogP contribution is 2.34. The molecule has 0 saturated carbocycles. The number of alkyl halides is 3. The molecule has 1 aliphatic rings. The molecule has 158 valence electrons. The van der Waals surface area contributed by atoms with Gasteiger partial charge in [0, 0.05) is 37.3 Å². The number of piperazine rings is 1. The fourth-order valence-electron chi connectivity index (χ4n) is 3.19. The van der Waals surface area contributed by atoms with Gasteiger partial charge in [-0.25, -0.2) is 9.97 Å². The Bertz CT molecular complexity index is 1060. The predicted octanol–water partition coefficient (Wildman–Crippen LogP) is 4.74. The van der Waals surface area contributed by atoms with Gasteiger partial charge < -0.3 is 14.2 Å². The van der Waals surface area contributed by atoms with Crippen molar-refractivity contribution in [2.45, 2.75) is 13.1 Å². The molecule has 11 heteroatoms. The Morgan fingerprint density at radius 3 is 2.60 bits per heavy atom. The molecule has 4 heterocycles. The van der Waals surface area contributed by atoms with Crippen LogP contribution in [0.3, 0.4) is 0 Å². The third-order valence-corrected chi connectivity index (χ3v) is 6.01. The van der Waals surface area contributed by atoms with Crippen LogP contribution in [-0.4, -0.2) is 47.0 Å². The molecule has 1 fully saturated rings. The zero-order valence-electron chi connectivity index (χ0n) is 15.7. The first kappa shape index (κ1) is 20.7. The highest BCUT2D eigenvalue weighted by molar-refractivity contribution is 7.15. The summed E-state index contributed by atoms with van der Waals surface area (Å²) < 4.78 is 43.7. The van der Waals surface area contributed by atoms with Crippen molar-refractivity contribution in [1.29, 1.82) is 0 Å². The molecule has 3 aromatic heterocycles. The Balaban J connectivity index is 1.44. The first-order chi connectivity index (χ1) is 14.2. The number of rotatable bonds is 3. The lowest BCUT2D eigenvalue weighted by molar-refractivity contribution is -0.137. The van der Waals surface area contributed by atoms with Gasteiger partial charge >= 0.3 is 6.18 Å². The standard InChI is InChI=1S/C19H16ClF3N4O2S/c1-11-15(25-17(30-11)14-3-2-8-29-14)18(28)27-6-4-26(5-7-27)16-13(20)9-12(10-24-16)19(21,22)23/h2-3,8-10H,4-7H2,1H3. The number of pyridine rings is 1.